The molecular formula is C9H9FO. The normalized spacial score (nSPS) is 27.5. The maximum atomic E-state index is 13.0. The highest BCUT2D eigenvalue weighted by Gasteiger charge is 2.38. The minimum Gasteiger partial charge on any atom is -0.385 e. The van der Waals surface area contributed by atoms with Crippen LogP contribution < -0.4 is 0 Å². The summed E-state index contributed by atoms with van der Waals surface area (Å²) < 4.78 is 13.0. The standard InChI is InChI=1S/C9H9FO/c1-9(11)5-6-3-2-4-7(10)8(6)9/h2-4,11H,5H2,1H3/t9-/m1/s1. The van der Waals surface area contributed by atoms with Crippen LogP contribution in [0.3, 0.4) is 0 Å². The van der Waals surface area contributed by atoms with Crippen LogP contribution in [-0.4, -0.2) is 5.11 Å². The topological polar surface area (TPSA) is 20.2 Å². The summed E-state index contributed by atoms with van der Waals surface area (Å²) in [7, 11) is 0. The molecule has 1 aromatic carbocycles. The summed E-state index contributed by atoms with van der Waals surface area (Å²) in [5.74, 6) is -0.293. The number of aliphatic hydroxyl groups is 1. The minimum atomic E-state index is -0.930. The molecule has 0 unspecified atom stereocenters. The summed E-state index contributed by atoms with van der Waals surface area (Å²) in [6.07, 6.45) is 0.570. The third-order valence-corrected chi connectivity index (χ3v) is 2.17. The van der Waals surface area contributed by atoms with Crippen molar-refractivity contribution in [1.82, 2.24) is 0 Å². The van der Waals surface area contributed by atoms with E-state index in [9.17, 15) is 9.50 Å². The van der Waals surface area contributed by atoms with Crippen LogP contribution in [0, 0.1) is 5.82 Å². The van der Waals surface area contributed by atoms with Gasteiger partial charge < -0.3 is 5.11 Å². The number of rotatable bonds is 0. The Morgan fingerprint density at radius 2 is 2.27 bits per heavy atom. The molecule has 1 aromatic rings. The van der Waals surface area contributed by atoms with E-state index in [4.69, 9.17) is 0 Å². The molecule has 0 aliphatic heterocycles. The lowest BCUT2D eigenvalue weighted by atomic mass is 9.74. The Labute approximate surface area is 64.5 Å². The number of hydrogen-bond donors (Lipinski definition) is 1. The summed E-state index contributed by atoms with van der Waals surface area (Å²) in [5.41, 5.74) is 0.468. The third-order valence-electron chi connectivity index (χ3n) is 2.17. The zero-order valence-electron chi connectivity index (χ0n) is 6.26. The highest BCUT2D eigenvalue weighted by atomic mass is 19.1. The van der Waals surface area contributed by atoms with Gasteiger partial charge in [0.2, 0.25) is 0 Å². The van der Waals surface area contributed by atoms with E-state index < -0.39 is 5.60 Å². The molecule has 1 aliphatic carbocycles. The second-order valence-corrected chi connectivity index (χ2v) is 3.22. The summed E-state index contributed by atoms with van der Waals surface area (Å²) in [6, 6.07) is 4.90. The molecule has 0 saturated carbocycles. The lowest BCUT2D eigenvalue weighted by Gasteiger charge is -2.36. The van der Waals surface area contributed by atoms with Crippen molar-refractivity contribution in [3.63, 3.8) is 0 Å². The van der Waals surface area contributed by atoms with Crippen molar-refractivity contribution >= 4 is 0 Å². The van der Waals surface area contributed by atoms with Crippen LogP contribution in [0.4, 0.5) is 4.39 Å². The average Bonchev–Trinajstić information content (AvgIpc) is 1.84. The maximum Gasteiger partial charge on any atom is 0.129 e. The van der Waals surface area contributed by atoms with Crippen LogP contribution in [0.2, 0.25) is 0 Å². The first kappa shape index (κ1) is 6.80. The van der Waals surface area contributed by atoms with Crippen molar-refractivity contribution in [2.75, 3.05) is 0 Å². The molecule has 11 heavy (non-hydrogen) atoms. The molecule has 0 radical (unpaired) electrons. The van der Waals surface area contributed by atoms with E-state index in [1.165, 1.54) is 6.07 Å². The molecule has 1 atom stereocenters. The molecule has 2 heteroatoms. The second kappa shape index (κ2) is 1.83. The number of benzene rings is 1. The Balaban J connectivity index is 2.60. The van der Waals surface area contributed by atoms with Crippen molar-refractivity contribution in [2.45, 2.75) is 18.9 Å². The van der Waals surface area contributed by atoms with Gasteiger partial charge in [0.15, 0.2) is 0 Å². The van der Waals surface area contributed by atoms with Gasteiger partial charge in [-0.3, -0.25) is 0 Å². The minimum absolute atomic E-state index is 0.293. The van der Waals surface area contributed by atoms with Crippen molar-refractivity contribution < 1.29 is 9.50 Å². The van der Waals surface area contributed by atoms with Gasteiger partial charge in [-0.15, -0.1) is 0 Å². The Hall–Kier alpha value is -0.890. The van der Waals surface area contributed by atoms with Crippen molar-refractivity contribution in [2.24, 2.45) is 0 Å². The van der Waals surface area contributed by atoms with Crippen LogP contribution in [0.5, 0.6) is 0 Å². The fourth-order valence-electron chi connectivity index (χ4n) is 1.67. The molecule has 58 valence electrons. The molecule has 0 amide bonds. The molecule has 1 N–H and O–H groups in total. The Morgan fingerprint density at radius 1 is 1.55 bits per heavy atom. The SMILES string of the molecule is C[C@@]1(O)Cc2cccc(F)c21. The van der Waals surface area contributed by atoms with Gasteiger partial charge in [-0.2, -0.15) is 0 Å². The fraction of sp³-hybridized carbons (Fsp3) is 0.333. The molecule has 2 rings (SSSR count). The lowest BCUT2D eigenvalue weighted by Crippen LogP contribution is -2.36. The highest BCUT2D eigenvalue weighted by Crippen LogP contribution is 2.39. The first-order chi connectivity index (χ1) is 5.11. The van der Waals surface area contributed by atoms with E-state index in [-0.39, 0.29) is 5.82 Å². The van der Waals surface area contributed by atoms with Gasteiger partial charge in [0.05, 0.1) is 5.60 Å². The van der Waals surface area contributed by atoms with Gasteiger partial charge >= 0.3 is 0 Å². The zero-order valence-corrected chi connectivity index (χ0v) is 6.26. The van der Waals surface area contributed by atoms with E-state index in [1.807, 2.05) is 6.07 Å². The monoisotopic (exact) mass is 152 g/mol. The van der Waals surface area contributed by atoms with E-state index in [0.29, 0.717) is 12.0 Å². The zero-order chi connectivity index (χ0) is 8.06. The smallest absolute Gasteiger partial charge is 0.129 e. The van der Waals surface area contributed by atoms with Crippen molar-refractivity contribution in [3.05, 3.63) is 35.1 Å². The summed E-state index contributed by atoms with van der Waals surface area (Å²) in [4.78, 5) is 0. The number of fused-ring (bicyclic) bond motifs is 1. The van der Waals surface area contributed by atoms with Gasteiger partial charge in [0.1, 0.15) is 5.82 Å². The van der Waals surface area contributed by atoms with Crippen molar-refractivity contribution in [3.8, 4) is 0 Å². The largest absolute Gasteiger partial charge is 0.385 e. The van der Waals surface area contributed by atoms with E-state index in [2.05, 4.69) is 0 Å². The Kier molecular flexibility index (Phi) is 1.13. The maximum absolute atomic E-state index is 13.0. The molecule has 1 nitrogen and oxygen atoms in total. The summed E-state index contributed by atoms with van der Waals surface area (Å²) >= 11 is 0. The van der Waals surface area contributed by atoms with Gasteiger partial charge in [0.25, 0.3) is 0 Å². The average molecular weight is 152 g/mol. The van der Waals surface area contributed by atoms with Crippen molar-refractivity contribution in [1.29, 1.82) is 0 Å². The summed E-state index contributed by atoms with van der Waals surface area (Å²) in [6.45, 7) is 1.64. The highest BCUT2D eigenvalue weighted by molar-refractivity contribution is 5.42. The molecular weight excluding hydrogens is 143 g/mol. The predicted molar refractivity (Wildman–Crippen MR) is 39.7 cm³/mol. The molecule has 0 aromatic heterocycles. The fourth-order valence-corrected chi connectivity index (χ4v) is 1.67. The predicted octanol–water partition coefficient (Wildman–Crippen LogP) is 1.59. The quantitative estimate of drug-likeness (QED) is 0.598. The number of halogens is 1. The summed E-state index contributed by atoms with van der Waals surface area (Å²) in [5, 5.41) is 9.51. The molecule has 0 fully saturated rings. The van der Waals surface area contributed by atoms with Gasteiger partial charge in [0, 0.05) is 12.0 Å². The molecule has 0 saturated heterocycles. The second-order valence-electron chi connectivity index (χ2n) is 3.22. The molecule has 0 bridgehead atoms. The van der Waals surface area contributed by atoms with Crippen LogP contribution >= 0.6 is 0 Å². The first-order valence-electron chi connectivity index (χ1n) is 3.61. The van der Waals surface area contributed by atoms with Gasteiger partial charge in [-0.1, -0.05) is 12.1 Å². The lowest BCUT2D eigenvalue weighted by molar-refractivity contribution is 0.0283. The van der Waals surface area contributed by atoms with Crippen LogP contribution in [-0.2, 0) is 12.0 Å². The van der Waals surface area contributed by atoms with Crippen LogP contribution in [0.15, 0.2) is 18.2 Å². The van der Waals surface area contributed by atoms with Gasteiger partial charge in [-0.05, 0) is 18.6 Å². The van der Waals surface area contributed by atoms with Crippen LogP contribution in [0.1, 0.15) is 18.1 Å². The van der Waals surface area contributed by atoms with Gasteiger partial charge in [-0.25, -0.2) is 4.39 Å². The van der Waals surface area contributed by atoms with E-state index in [1.54, 1.807) is 13.0 Å². The molecule has 0 heterocycles. The molecule has 1 aliphatic rings. The van der Waals surface area contributed by atoms with E-state index >= 15 is 0 Å². The molecule has 0 spiro atoms. The first-order valence-corrected chi connectivity index (χ1v) is 3.61. The Bertz CT molecular complexity index is 290. The van der Waals surface area contributed by atoms with E-state index in [0.717, 1.165) is 5.56 Å². The number of hydrogen-bond acceptors (Lipinski definition) is 1. The third kappa shape index (κ3) is 0.792. The van der Waals surface area contributed by atoms with Crippen LogP contribution in [0.25, 0.3) is 0 Å². The Morgan fingerprint density at radius 3 is 2.73 bits per heavy atom.